The van der Waals surface area contributed by atoms with Gasteiger partial charge in [-0.3, -0.25) is 10.1 Å². The van der Waals surface area contributed by atoms with E-state index < -0.39 is 33.6 Å². The number of halogens is 2. The highest BCUT2D eigenvalue weighted by Gasteiger charge is 2.25. The molecule has 0 radical (unpaired) electrons. The topological polar surface area (TPSA) is 103 Å². The smallest absolute Gasteiger partial charge is 0.321 e. The molecule has 0 saturated heterocycles. The van der Waals surface area contributed by atoms with E-state index in [2.05, 4.69) is 15.5 Å². The van der Waals surface area contributed by atoms with Crippen molar-refractivity contribution in [3.63, 3.8) is 0 Å². The molecule has 1 N–H and O–H groups in total. The molecular weight excluding hydrogens is 290 g/mol. The van der Waals surface area contributed by atoms with Crippen LogP contribution in [-0.4, -0.2) is 35.3 Å². The minimum Gasteiger partial charge on any atom is -0.383 e. The number of hydrogen-bond acceptors (Lipinski definition) is 7. The molecule has 0 atom stereocenters. The number of ether oxygens (including phenoxy) is 1. The van der Waals surface area contributed by atoms with E-state index >= 15 is 0 Å². The third-order valence-electron chi connectivity index (χ3n) is 2.50. The van der Waals surface area contributed by atoms with Crippen LogP contribution in [0.4, 0.5) is 20.5 Å². The van der Waals surface area contributed by atoms with Gasteiger partial charge in [0.2, 0.25) is 11.6 Å². The maximum atomic E-state index is 13.9. The fourth-order valence-electron chi connectivity index (χ4n) is 1.54. The van der Waals surface area contributed by atoms with Crippen molar-refractivity contribution in [2.45, 2.75) is 0 Å². The highest BCUT2D eigenvalue weighted by Crippen LogP contribution is 2.30. The van der Waals surface area contributed by atoms with Crippen molar-refractivity contribution in [2.75, 3.05) is 25.6 Å². The normalized spacial score (nSPS) is 10.6. The maximum absolute atomic E-state index is 13.9. The predicted octanol–water partition coefficient (Wildman–Crippen LogP) is 1.98. The molecule has 0 spiro atoms. The highest BCUT2D eigenvalue weighted by atomic mass is 19.1. The molecular formula is C11H10F2N4O4. The molecule has 21 heavy (non-hydrogen) atoms. The second-order valence-electron chi connectivity index (χ2n) is 3.86. The van der Waals surface area contributed by atoms with Gasteiger partial charge in [-0.05, 0) is 6.07 Å². The zero-order chi connectivity index (χ0) is 15.4. The Morgan fingerprint density at radius 1 is 1.48 bits per heavy atom. The number of benzene rings is 1. The monoisotopic (exact) mass is 300 g/mol. The third kappa shape index (κ3) is 3.11. The molecule has 1 aromatic carbocycles. The van der Waals surface area contributed by atoms with E-state index in [-0.39, 0.29) is 6.01 Å². The van der Waals surface area contributed by atoms with Gasteiger partial charge in [0.1, 0.15) is 11.4 Å². The Morgan fingerprint density at radius 3 is 2.90 bits per heavy atom. The summed E-state index contributed by atoms with van der Waals surface area (Å²) >= 11 is 0. The molecule has 2 rings (SSSR count). The summed E-state index contributed by atoms with van der Waals surface area (Å²) in [4.78, 5) is 13.4. The van der Waals surface area contributed by atoms with Crippen LogP contribution in [0.15, 0.2) is 16.7 Å². The van der Waals surface area contributed by atoms with Gasteiger partial charge in [-0.2, -0.15) is 9.37 Å². The van der Waals surface area contributed by atoms with E-state index in [0.717, 1.165) is 12.1 Å². The first-order valence-electron chi connectivity index (χ1n) is 5.74. The largest absolute Gasteiger partial charge is 0.383 e. The van der Waals surface area contributed by atoms with Gasteiger partial charge in [-0.15, -0.1) is 0 Å². The minimum atomic E-state index is -1.36. The van der Waals surface area contributed by atoms with E-state index in [9.17, 15) is 18.9 Å². The van der Waals surface area contributed by atoms with Crippen molar-refractivity contribution in [3.05, 3.63) is 33.9 Å². The van der Waals surface area contributed by atoms with Gasteiger partial charge >= 0.3 is 11.7 Å². The van der Waals surface area contributed by atoms with Gasteiger partial charge < -0.3 is 14.6 Å². The van der Waals surface area contributed by atoms with Crippen LogP contribution in [0.25, 0.3) is 11.4 Å². The number of nitrogens with one attached hydrogen (secondary N) is 1. The fourth-order valence-corrected chi connectivity index (χ4v) is 1.54. The Morgan fingerprint density at radius 2 is 2.24 bits per heavy atom. The molecule has 0 fully saturated rings. The standard InChI is InChI=1S/C11H10F2N4O4/c1-20-5-4-14-11-15-10(16-21-11)8-6(12)2-3-7(9(8)13)17(18)19/h2-3H,4-5H2,1H3,(H,14,15,16). The van der Waals surface area contributed by atoms with Crippen LogP contribution in [0.1, 0.15) is 0 Å². The summed E-state index contributed by atoms with van der Waals surface area (Å²) in [6.07, 6.45) is 0. The van der Waals surface area contributed by atoms with E-state index in [1.807, 2.05) is 0 Å². The van der Waals surface area contributed by atoms with Crippen LogP contribution in [0, 0.1) is 21.7 Å². The summed E-state index contributed by atoms with van der Waals surface area (Å²) < 4.78 is 37.1. The Labute approximate surface area is 116 Å². The zero-order valence-corrected chi connectivity index (χ0v) is 10.8. The second kappa shape index (κ2) is 6.22. The molecule has 0 amide bonds. The van der Waals surface area contributed by atoms with E-state index in [1.54, 1.807) is 0 Å². The zero-order valence-electron chi connectivity index (χ0n) is 10.8. The summed E-state index contributed by atoms with van der Waals surface area (Å²) in [5, 5.41) is 16.7. The SMILES string of the molecule is COCCNc1nc(-c2c(F)ccc([N+](=O)[O-])c2F)no1. The van der Waals surface area contributed by atoms with Crippen molar-refractivity contribution < 1.29 is 23.0 Å². The lowest BCUT2D eigenvalue weighted by atomic mass is 10.1. The number of rotatable bonds is 6. The lowest BCUT2D eigenvalue weighted by Crippen LogP contribution is -2.07. The summed E-state index contributed by atoms with van der Waals surface area (Å²) in [6, 6.07) is 1.42. The molecule has 8 nitrogen and oxygen atoms in total. The quantitative estimate of drug-likeness (QED) is 0.494. The average molecular weight is 300 g/mol. The van der Waals surface area contributed by atoms with Crippen LogP contribution in [0.2, 0.25) is 0 Å². The Kier molecular flexibility index (Phi) is 4.38. The molecule has 0 saturated carbocycles. The third-order valence-corrected chi connectivity index (χ3v) is 2.50. The lowest BCUT2D eigenvalue weighted by molar-refractivity contribution is -0.387. The average Bonchev–Trinajstić information content (AvgIpc) is 2.87. The molecule has 2 aromatic rings. The first-order valence-corrected chi connectivity index (χ1v) is 5.74. The number of methoxy groups -OCH3 is 1. The van der Waals surface area contributed by atoms with Crippen molar-refractivity contribution in [3.8, 4) is 11.4 Å². The number of hydrogen-bond donors (Lipinski definition) is 1. The second-order valence-corrected chi connectivity index (χ2v) is 3.86. The Balaban J connectivity index is 2.33. The molecule has 10 heteroatoms. The summed E-state index contributed by atoms with van der Waals surface area (Å²) in [5.74, 6) is -2.81. The van der Waals surface area contributed by atoms with Crippen LogP contribution in [0.5, 0.6) is 0 Å². The van der Waals surface area contributed by atoms with Crippen LogP contribution in [-0.2, 0) is 4.74 Å². The number of anilines is 1. The minimum absolute atomic E-state index is 0.0765. The van der Waals surface area contributed by atoms with E-state index in [1.165, 1.54) is 7.11 Å². The molecule has 0 aliphatic rings. The summed E-state index contributed by atoms with van der Waals surface area (Å²) in [6.45, 7) is 0.704. The van der Waals surface area contributed by atoms with Crippen molar-refractivity contribution in [2.24, 2.45) is 0 Å². The molecule has 0 bridgehead atoms. The fraction of sp³-hybridized carbons (Fsp3) is 0.273. The molecule has 0 aliphatic heterocycles. The lowest BCUT2D eigenvalue weighted by Gasteiger charge is -2.00. The molecule has 0 aliphatic carbocycles. The Bertz CT molecular complexity index is 662. The van der Waals surface area contributed by atoms with Crippen molar-refractivity contribution >= 4 is 11.7 Å². The van der Waals surface area contributed by atoms with Gasteiger partial charge in [0.05, 0.1) is 11.5 Å². The van der Waals surface area contributed by atoms with Crippen molar-refractivity contribution in [1.82, 2.24) is 10.1 Å². The number of aromatic nitrogens is 2. The van der Waals surface area contributed by atoms with Gasteiger partial charge in [0, 0.05) is 19.7 Å². The van der Waals surface area contributed by atoms with Crippen LogP contribution >= 0.6 is 0 Å². The summed E-state index contributed by atoms with van der Waals surface area (Å²) in [5.41, 5.74) is -1.59. The summed E-state index contributed by atoms with van der Waals surface area (Å²) in [7, 11) is 1.49. The van der Waals surface area contributed by atoms with Crippen LogP contribution < -0.4 is 5.32 Å². The number of nitro benzene ring substituents is 1. The maximum Gasteiger partial charge on any atom is 0.321 e. The van der Waals surface area contributed by atoms with Gasteiger partial charge in [-0.1, -0.05) is 5.16 Å². The van der Waals surface area contributed by atoms with Crippen molar-refractivity contribution in [1.29, 1.82) is 0 Å². The molecule has 1 heterocycles. The van der Waals surface area contributed by atoms with E-state index in [4.69, 9.17) is 9.26 Å². The highest BCUT2D eigenvalue weighted by molar-refractivity contribution is 5.61. The Hall–Kier alpha value is -2.62. The van der Waals surface area contributed by atoms with Crippen LogP contribution in [0.3, 0.4) is 0 Å². The van der Waals surface area contributed by atoms with Gasteiger partial charge in [-0.25, -0.2) is 4.39 Å². The van der Waals surface area contributed by atoms with Gasteiger partial charge in [0.15, 0.2) is 0 Å². The van der Waals surface area contributed by atoms with Gasteiger partial charge in [0.25, 0.3) is 0 Å². The van der Waals surface area contributed by atoms with E-state index in [0.29, 0.717) is 13.2 Å². The molecule has 112 valence electrons. The number of nitrogens with zero attached hydrogens (tertiary/aromatic N) is 3. The first kappa shape index (κ1) is 14.8. The molecule has 0 unspecified atom stereocenters. The molecule has 1 aromatic heterocycles. The first-order chi connectivity index (χ1) is 10.0. The number of nitro groups is 1. The predicted molar refractivity (Wildman–Crippen MR) is 66.7 cm³/mol.